The highest BCUT2D eigenvalue weighted by Crippen LogP contribution is 2.35. The lowest BCUT2D eigenvalue weighted by molar-refractivity contribution is 0.173. The number of anilines is 1. The average molecular weight is 560 g/mol. The Morgan fingerprint density at radius 2 is 2.00 bits per heavy atom. The summed E-state index contributed by atoms with van der Waals surface area (Å²) in [5.74, 6) is 4.10. The molecule has 0 saturated carbocycles. The molecule has 0 radical (unpaired) electrons. The Morgan fingerprint density at radius 3 is 2.74 bits per heavy atom. The van der Waals surface area contributed by atoms with Crippen molar-refractivity contribution < 1.29 is 14.2 Å². The van der Waals surface area contributed by atoms with Crippen molar-refractivity contribution in [3.63, 3.8) is 0 Å². The molecule has 1 N–H and O–H groups in total. The normalized spacial score (nSPS) is 15.6. The van der Waals surface area contributed by atoms with Gasteiger partial charge in [0.1, 0.15) is 18.2 Å². The summed E-state index contributed by atoms with van der Waals surface area (Å²) in [4.78, 5) is 14.0. The minimum atomic E-state index is 0. The van der Waals surface area contributed by atoms with E-state index in [-0.39, 0.29) is 30.8 Å². The van der Waals surface area contributed by atoms with Crippen LogP contribution in [0.15, 0.2) is 23.2 Å². The summed E-state index contributed by atoms with van der Waals surface area (Å²) in [6.07, 6.45) is 0.877. The topological polar surface area (TPSA) is 84.3 Å². The molecule has 0 spiro atoms. The Hall–Kier alpha value is -2.02. The molecule has 0 atom stereocenters. The molecule has 2 aliphatic heterocycles. The van der Waals surface area contributed by atoms with Gasteiger partial charge in [-0.1, -0.05) is 6.92 Å². The molecule has 0 bridgehead atoms. The van der Waals surface area contributed by atoms with Crippen LogP contribution in [-0.4, -0.2) is 72.9 Å². The molecule has 2 aromatic rings. The number of nitrogens with zero attached hydrogens (tertiary/aromatic N) is 5. The van der Waals surface area contributed by atoms with Crippen LogP contribution < -0.4 is 24.4 Å². The maximum atomic E-state index is 5.82. The molecular formula is C20H29IN6O3S. The smallest absolute Gasteiger partial charge is 0.231 e. The molecule has 9 nitrogen and oxygen atoms in total. The van der Waals surface area contributed by atoms with Crippen LogP contribution in [0.2, 0.25) is 0 Å². The predicted molar refractivity (Wildman–Crippen MR) is 133 cm³/mol. The van der Waals surface area contributed by atoms with Gasteiger partial charge in [0.2, 0.25) is 11.9 Å². The van der Waals surface area contributed by atoms with E-state index in [9.17, 15) is 0 Å². The van der Waals surface area contributed by atoms with Crippen LogP contribution in [0.5, 0.6) is 17.2 Å². The van der Waals surface area contributed by atoms with Crippen molar-refractivity contribution in [1.82, 2.24) is 19.6 Å². The number of hydrogen-bond donors (Lipinski definition) is 1. The number of hydrogen-bond acceptors (Lipinski definition) is 8. The molecule has 170 valence electrons. The number of fused-ring (bicyclic) bond motifs is 1. The second kappa shape index (κ2) is 11.6. The minimum absolute atomic E-state index is 0. The Morgan fingerprint density at radius 1 is 1.19 bits per heavy atom. The average Bonchev–Trinajstić information content (AvgIpc) is 3.45. The molecule has 3 heterocycles. The van der Waals surface area contributed by atoms with E-state index in [1.165, 1.54) is 11.5 Å². The molecule has 1 fully saturated rings. The van der Waals surface area contributed by atoms with Gasteiger partial charge in [-0.05, 0) is 19.1 Å². The van der Waals surface area contributed by atoms with Crippen LogP contribution in [0.3, 0.4) is 0 Å². The third kappa shape index (κ3) is 6.03. The number of nitrogens with one attached hydrogen (secondary N) is 1. The molecule has 0 unspecified atom stereocenters. The van der Waals surface area contributed by atoms with Crippen LogP contribution in [-0.2, 0) is 6.42 Å². The lowest BCUT2D eigenvalue weighted by atomic mass is 10.3. The van der Waals surface area contributed by atoms with E-state index in [1.807, 2.05) is 18.2 Å². The first-order valence-corrected chi connectivity index (χ1v) is 11.2. The van der Waals surface area contributed by atoms with Gasteiger partial charge in [0.05, 0.1) is 6.54 Å². The molecule has 11 heteroatoms. The maximum absolute atomic E-state index is 5.82. The Labute approximate surface area is 204 Å². The number of ether oxygens (including phenoxy) is 3. The number of halogens is 1. The molecule has 31 heavy (non-hydrogen) atoms. The first kappa shape index (κ1) is 23.6. The summed E-state index contributed by atoms with van der Waals surface area (Å²) in [5, 5.41) is 4.41. The predicted octanol–water partition coefficient (Wildman–Crippen LogP) is 2.61. The first-order valence-electron chi connectivity index (χ1n) is 10.4. The zero-order valence-electron chi connectivity index (χ0n) is 17.9. The molecule has 1 saturated heterocycles. The standard InChI is InChI=1S/C20H28N6O3S.HI/c1-3-18-23-20(30-24-18)26-10-8-25(9-11-26)19(21-4-2)22-7-12-27-15-5-6-16-17(13-15)29-14-28-16;/h5-6,13H,3-4,7-12,14H2,1-2H3,(H,21,22);1H. The number of aryl methyl sites for hydroxylation is 1. The van der Waals surface area contributed by atoms with E-state index >= 15 is 0 Å². The molecule has 1 aromatic carbocycles. The van der Waals surface area contributed by atoms with Crippen LogP contribution in [0.25, 0.3) is 0 Å². The lowest BCUT2D eigenvalue weighted by Gasteiger charge is -2.36. The van der Waals surface area contributed by atoms with Gasteiger partial charge in [-0.3, -0.25) is 0 Å². The van der Waals surface area contributed by atoms with Crippen molar-refractivity contribution in [2.75, 3.05) is 57.6 Å². The Bertz CT molecular complexity index is 872. The first-order chi connectivity index (χ1) is 14.8. The monoisotopic (exact) mass is 560 g/mol. The fourth-order valence-corrected chi connectivity index (χ4v) is 4.14. The molecule has 1 aromatic heterocycles. The van der Waals surface area contributed by atoms with Gasteiger partial charge in [0.25, 0.3) is 0 Å². The van der Waals surface area contributed by atoms with Crippen molar-refractivity contribution in [3.05, 3.63) is 24.0 Å². The van der Waals surface area contributed by atoms with E-state index < -0.39 is 0 Å². The number of piperazine rings is 1. The van der Waals surface area contributed by atoms with Gasteiger partial charge < -0.3 is 29.3 Å². The number of aliphatic imine (C=N–C) groups is 1. The van der Waals surface area contributed by atoms with Crippen molar-refractivity contribution in [1.29, 1.82) is 0 Å². The quantitative estimate of drug-likeness (QED) is 0.240. The molecule has 4 rings (SSSR count). The number of rotatable bonds is 7. The second-order valence-electron chi connectivity index (χ2n) is 6.92. The SMILES string of the molecule is CCNC(=NCCOc1ccc2c(c1)OCO2)N1CCN(c2nc(CC)ns2)CC1.I. The van der Waals surface area contributed by atoms with Crippen molar-refractivity contribution in [2.45, 2.75) is 20.3 Å². The number of aromatic nitrogens is 2. The Kier molecular flexibility index (Phi) is 8.81. The van der Waals surface area contributed by atoms with Gasteiger partial charge in [-0.25, -0.2) is 9.98 Å². The van der Waals surface area contributed by atoms with Crippen LogP contribution in [0.1, 0.15) is 19.7 Å². The van der Waals surface area contributed by atoms with Crippen molar-refractivity contribution in [3.8, 4) is 17.2 Å². The van der Waals surface area contributed by atoms with E-state index in [2.05, 4.69) is 38.3 Å². The summed E-state index contributed by atoms with van der Waals surface area (Å²) >= 11 is 1.49. The van der Waals surface area contributed by atoms with E-state index in [4.69, 9.17) is 19.2 Å². The lowest BCUT2D eigenvalue weighted by Crippen LogP contribution is -2.52. The summed E-state index contributed by atoms with van der Waals surface area (Å²) in [6.45, 7) is 9.96. The molecule has 2 aliphatic rings. The Balaban J connectivity index is 0.00000272. The summed E-state index contributed by atoms with van der Waals surface area (Å²) < 4.78 is 20.9. The van der Waals surface area contributed by atoms with Crippen LogP contribution >= 0.6 is 35.5 Å². The highest BCUT2D eigenvalue weighted by molar-refractivity contribution is 14.0. The van der Waals surface area contributed by atoms with Gasteiger partial charge in [0, 0.05) is 56.7 Å². The fourth-order valence-electron chi connectivity index (χ4n) is 3.33. The van der Waals surface area contributed by atoms with Crippen molar-refractivity contribution in [2.24, 2.45) is 4.99 Å². The molecule has 0 amide bonds. The molecule has 0 aliphatic carbocycles. The highest BCUT2D eigenvalue weighted by Gasteiger charge is 2.22. The second-order valence-corrected chi connectivity index (χ2v) is 7.65. The number of guanidine groups is 1. The maximum Gasteiger partial charge on any atom is 0.231 e. The summed E-state index contributed by atoms with van der Waals surface area (Å²) in [6, 6.07) is 5.61. The number of benzene rings is 1. The summed E-state index contributed by atoms with van der Waals surface area (Å²) in [7, 11) is 0. The van der Waals surface area contributed by atoms with E-state index in [1.54, 1.807) is 0 Å². The third-order valence-corrected chi connectivity index (χ3v) is 5.74. The van der Waals surface area contributed by atoms with Gasteiger partial charge in [-0.2, -0.15) is 4.37 Å². The van der Waals surface area contributed by atoms with Gasteiger partial charge in [0.15, 0.2) is 17.5 Å². The van der Waals surface area contributed by atoms with Crippen LogP contribution in [0.4, 0.5) is 5.13 Å². The minimum Gasteiger partial charge on any atom is -0.492 e. The van der Waals surface area contributed by atoms with Gasteiger partial charge in [-0.15, -0.1) is 24.0 Å². The zero-order chi connectivity index (χ0) is 20.8. The van der Waals surface area contributed by atoms with E-state index in [0.717, 1.165) is 73.3 Å². The van der Waals surface area contributed by atoms with E-state index in [0.29, 0.717) is 13.2 Å². The van der Waals surface area contributed by atoms with Crippen molar-refractivity contribution >= 4 is 46.6 Å². The fraction of sp³-hybridized carbons (Fsp3) is 0.550. The van der Waals surface area contributed by atoms with Gasteiger partial charge >= 0.3 is 0 Å². The largest absolute Gasteiger partial charge is 0.492 e. The van der Waals surface area contributed by atoms with Crippen LogP contribution in [0, 0.1) is 0 Å². The molecular weight excluding hydrogens is 531 g/mol. The highest BCUT2D eigenvalue weighted by atomic mass is 127. The third-order valence-electron chi connectivity index (χ3n) is 4.92. The zero-order valence-corrected chi connectivity index (χ0v) is 21.0. The summed E-state index contributed by atoms with van der Waals surface area (Å²) in [5.41, 5.74) is 0.